The maximum absolute atomic E-state index is 15.2. The number of nitrogens with zero attached hydrogens (tertiary/aromatic N) is 2. The van der Waals surface area contributed by atoms with Gasteiger partial charge in [-0.25, -0.2) is 9.18 Å². The fourth-order valence-corrected chi connectivity index (χ4v) is 5.52. The minimum atomic E-state index is -0.913. The molecule has 1 saturated heterocycles. The lowest BCUT2D eigenvalue weighted by molar-refractivity contribution is -0.133. The first-order chi connectivity index (χ1) is 17.9. The lowest BCUT2D eigenvalue weighted by Gasteiger charge is -2.18. The Morgan fingerprint density at radius 2 is 2.11 bits per heavy atom. The molecule has 1 fully saturated rings. The predicted octanol–water partition coefficient (Wildman–Crippen LogP) is 2.71. The molecule has 5 rings (SSSR count). The Balaban J connectivity index is 1.34. The number of amides is 1. The molecule has 2 aromatic carbocycles. The van der Waals surface area contributed by atoms with E-state index >= 15 is 4.39 Å². The molecule has 0 aliphatic carbocycles. The lowest BCUT2D eigenvalue weighted by atomic mass is 10.0. The van der Waals surface area contributed by atoms with Crippen LogP contribution in [0.4, 0.5) is 4.39 Å². The van der Waals surface area contributed by atoms with Gasteiger partial charge >= 0.3 is 5.76 Å². The summed E-state index contributed by atoms with van der Waals surface area (Å²) in [5.41, 5.74) is 2.87. The number of carbonyl (C=O) groups excluding carboxylic acids is 1. The Morgan fingerprint density at radius 3 is 2.89 bits per heavy atom. The van der Waals surface area contributed by atoms with Crippen molar-refractivity contribution in [1.82, 2.24) is 15.2 Å². The van der Waals surface area contributed by atoms with Crippen molar-refractivity contribution < 1.29 is 23.1 Å². The molecule has 37 heavy (non-hydrogen) atoms. The summed E-state index contributed by atoms with van der Waals surface area (Å²) in [4.78, 5) is 24.9. The molecule has 11 heteroatoms. The minimum absolute atomic E-state index is 0.0344. The van der Waals surface area contributed by atoms with E-state index in [0.717, 1.165) is 15.8 Å². The fraction of sp³-hybridized carbons (Fsp3) is 0.346. The minimum Gasteiger partial charge on any atom is -0.408 e. The largest absolute Gasteiger partial charge is 0.419 e. The summed E-state index contributed by atoms with van der Waals surface area (Å²) < 4.78 is 33.5. The summed E-state index contributed by atoms with van der Waals surface area (Å²) in [7, 11) is 3.22. The highest BCUT2D eigenvalue weighted by atomic mass is 32.1. The van der Waals surface area contributed by atoms with E-state index < -0.39 is 29.6 Å². The van der Waals surface area contributed by atoms with Crippen LogP contribution in [0.25, 0.3) is 32.3 Å². The molecule has 1 aliphatic heterocycles. The van der Waals surface area contributed by atoms with Gasteiger partial charge in [0.25, 0.3) is 5.91 Å². The summed E-state index contributed by atoms with van der Waals surface area (Å²) in [5.74, 6) is -1.26. The molecule has 2 aromatic heterocycles. The first-order valence-electron chi connectivity index (χ1n) is 11.7. The van der Waals surface area contributed by atoms with Gasteiger partial charge in [-0.05, 0) is 35.4 Å². The number of halogens is 1. The van der Waals surface area contributed by atoms with Crippen LogP contribution in [0.15, 0.2) is 45.6 Å². The van der Waals surface area contributed by atoms with Gasteiger partial charge in [0.15, 0.2) is 5.58 Å². The molecule has 0 saturated carbocycles. The number of hydrogen-bond donors (Lipinski definition) is 2. The second kappa shape index (κ2) is 10.4. The molecular weight excluding hydrogens is 499 g/mol. The topological polar surface area (TPSA) is 119 Å². The zero-order valence-electron chi connectivity index (χ0n) is 20.2. The van der Waals surface area contributed by atoms with E-state index in [4.69, 9.17) is 13.9 Å². The Bertz CT molecular complexity index is 1570. The molecule has 0 radical (unpaired) electrons. The first kappa shape index (κ1) is 25.1. The number of aryl methyl sites for hydroxylation is 1. The van der Waals surface area contributed by atoms with Gasteiger partial charge < -0.3 is 24.5 Å². The van der Waals surface area contributed by atoms with Crippen molar-refractivity contribution in [2.75, 3.05) is 26.8 Å². The highest BCUT2D eigenvalue weighted by molar-refractivity contribution is 7.19. The molecule has 0 bridgehead atoms. The Kier molecular flexibility index (Phi) is 7.08. The quantitative estimate of drug-likeness (QED) is 0.398. The maximum Gasteiger partial charge on any atom is 0.419 e. The molecule has 192 valence electrons. The Labute approximate surface area is 215 Å². The molecule has 3 heterocycles. The SMILES string of the molecule is CO[C@@H]1CNC[C@@H](C(=O)N[C@H](C#N)Cc2sc3cc(-c4ccc5oc(=O)n(C)c5c4)ccc3c2F)OC1. The number of aromatic nitrogens is 1. The van der Waals surface area contributed by atoms with E-state index in [1.165, 1.54) is 15.9 Å². The van der Waals surface area contributed by atoms with Crippen LogP contribution in [0, 0.1) is 17.1 Å². The Hall–Kier alpha value is -3.56. The average molecular weight is 525 g/mol. The van der Waals surface area contributed by atoms with Crippen LogP contribution in [-0.4, -0.2) is 55.5 Å². The van der Waals surface area contributed by atoms with Crippen LogP contribution < -0.4 is 16.4 Å². The molecule has 3 atom stereocenters. The highest BCUT2D eigenvalue weighted by Gasteiger charge is 2.27. The number of fused-ring (bicyclic) bond motifs is 2. The highest BCUT2D eigenvalue weighted by Crippen LogP contribution is 2.35. The second-order valence-electron chi connectivity index (χ2n) is 8.89. The van der Waals surface area contributed by atoms with Crippen LogP contribution in [0.1, 0.15) is 4.88 Å². The number of nitriles is 1. The smallest absolute Gasteiger partial charge is 0.408 e. The molecule has 0 unspecified atom stereocenters. The lowest BCUT2D eigenvalue weighted by Crippen LogP contribution is -2.46. The van der Waals surface area contributed by atoms with Crippen LogP contribution in [0.5, 0.6) is 0 Å². The number of rotatable bonds is 6. The van der Waals surface area contributed by atoms with E-state index in [-0.39, 0.29) is 19.1 Å². The van der Waals surface area contributed by atoms with E-state index in [0.29, 0.717) is 34.5 Å². The van der Waals surface area contributed by atoms with Gasteiger partial charge in [-0.3, -0.25) is 9.36 Å². The average Bonchev–Trinajstić information content (AvgIpc) is 3.23. The summed E-state index contributed by atoms with van der Waals surface area (Å²) in [6.45, 7) is 1.11. The van der Waals surface area contributed by atoms with Crippen LogP contribution in [0.3, 0.4) is 0 Å². The van der Waals surface area contributed by atoms with Crippen molar-refractivity contribution in [3.05, 3.63) is 57.6 Å². The molecule has 2 N–H and O–H groups in total. The fourth-order valence-electron chi connectivity index (χ4n) is 4.35. The van der Waals surface area contributed by atoms with Gasteiger partial charge in [-0.1, -0.05) is 12.1 Å². The number of benzene rings is 2. The van der Waals surface area contributed by atoms with Crippen LogP contribution in [0.2, 0.25) is 0 Å². The van der Waals surface area contributed by atoms with E-state index in [9.17, 15) is 14.9 Å². The van der Waals surface area contributed by atoms with Gasteiger partial charge in [0, 0.05) is 48.6 Å². The third-order valence-corrected chi connectivity index (χ3v) is 7.64. The molecular formula is C26H25FN4O5S. The molecule has 4 aromatic rings. The summed E-state index contributed by atoms with van der Waals surface area (Å²) in [6, 6.07) is 12.0. The van der Waals surface area contributed by atoms with Crippen LogP contribution in [-0.2, 0) is 27.7 Å². The summed E-state index contributed by atoms with van der Waals surface area (Å²) in [5, 5.41) is 15.9. The summed E-state index contributed by atoms with van der Waals surface area (Å²) in [6.07, 6.45) is -0.888. The number of nitrogens with one attached hydrogen (secondary N) is 2. The molecule has 9 nitrogen and oxygen atoms in total. The second-order valence-corrected chi connectivity index (χ2v) is 10.0. The normalized spacial score (nSPS) is 19.0. The van der Waals surface area contributed by atoms with Crippen molar-refractivity contribution in [1.29, 1.82) is 5.26 Å². The van der Waals surface area contributed by atoms with E-state index in [1.807, 2.05) is 24.3 Å². The molecule has 1 amide bonds. The van der Waals surface area contributed by atoms with E-state index in [1.54, 1.807) is 26.3 Å². The standard InChI is InChI=1S/C26H25FN4O5S/c1-31-19-7-14(4-6-20(19)36-26(31)33)15-3-5-18-22(8-15)37-23(24(18)27)9-16(10-28)30-25(32)21-12-29-11-17(34-2)13-35-21/h3-8,16-17,21,29H,9,11-13H2,1-2H3,(H,30,32)/t16-,17+,21-/m0/s1. The summed E-state index contributed by atoms with van der Waals surface area (Å²) >= 11 is 1.25. The van der Waals surface area contributed by atoms with Crippen molar-refractivity contribution in [3.63, 3.8) is 0 Å². The number of carbonyl (C=O) groups is 1. The number of thiophene rings is 1. The Morgan fingerprint density at radius 1 is 1.32 bits per heavy atom. The van der Waals surface area contributed by atoms with Crippen molar-refractivity contribution in [3.8, 4) is 17.2 Å². The van der Waals surface area contributed by atoms with Gasteiger partial charge in [-0.2, -0.15) is 5.26 Å². The predicted molar refractivity (Wildman–Crippen MR) is 137 cm³/mol. The van der Waals surface area contributed by atoms with Gasteiger partial charge in [0.05, 0.1) is 24.3 Å². The van der Waals surface area contributed by atoms with Crippen molar-refractivity contribution in [2.45, 2.75) is 24.7 Å². The van der Waals surface area contributed by atoms with Gasteiger partial charge in [-0.15, -0.1) is 11.3 Å². The van der Waals surface area contributed by atoms with Crippen molar-refractivity contribution in [2.24, 2.45) is 7.05 Å². The zero-order valence-corrected chi connectivity index (χ0v) is 21.1. The number of hydrogen-bond acceptors (Lipinski definition) is 8. The van der Waals surface area contributed by atoms with Gasteiger partial charge in [0.2, 0.25) is 0 Å². The third kappa shape index (κ3) is 5.01. The molecule has 1 aliphatic rings. The van der Waals surface area contributed by atoms with Crippen LogP contribution >= 0.6 is 11.3 Å². The maximum atomic E-state index is 15.2. The first-order valence-corrected chi connectivity index (χ1v) is 12.6. The number of ether oxygens (including phenoxy) is 2. The van der Waals surface area contributed by atoms with E-state index in [2.05, 4.69) is 16.7 Å². The monoisotopic (exact) mass is 524 g/mol. The van der Waals surface area contributed by atoms with Crippen molar-refractivity contribution >= 4 is 38.4 Å². The number of oxazole rings is 1. The van der Waals surface area contributed by atoms with Gasteiger partial charge in [0.1, 0.15) is 18.0 Å². The molecule has 0 spiro atoms. The number of methoxy groups -OCH3 is 1. The third-order valence-electron chi connectivity index (χ3n) is 6.49. The zero-order chi connectivity index (χ0) is 26.1.